The summed E-state index contributed by atoms with van der Waals surface area (Å²) in [5, 5.41) is 6.34. The molecule has 6 heteroatoms. The Balaban J connectivity index is 2.98. The van der Waals surface area contributed by atoms with E-state index < -0.39 is 0 Å². The van der Waals surface area contributed by atoms with E-state index in [0.717, 1.165) is 5.56 Å². The molecule has 0 aliphatic rings. The second-order valence-corrected chi connectivity index (χ2v) is 3.57. The number of aliphatic imine (C=N–C) groups is 1. The van der Waals surface area contributed by atoms with Crippen LogP contribution in [0.15, 0.2) is 53.0 Å². The molecule has 1 aromatic rings. The summed E-state index contributed by atoms with van der Waals surface area (Å²) in [5.41, 5.74) is 8.79. The Morgan fingerprint density at radius 2 is 2.42 bits per heavy atom. The van der Waals surface area contributed by atoms with E-state index in [1.807, 2.05) is 6.07 Å². The topological polar surface area (TPSA) is 82.7 Å². The van der Waals surface area contributed by atoms with Gasteiger partial charge in [0.15, 0.2) is 0 Å². The maximum absolute atomic E-state index is 7.15. The summed E-state index contributed by atoms with van der Waals surface area (Å²) in [6.45, 7) is 4.43. The Morgan fingerprint density at radius 3 is 2.95 bits per heavy atom. The first-order chi connectivity index (χ1) is 9.22. The van der Waals surface area contributed by atoms with Gasteiger partial charge in [0.25, 0.3) is 0 Å². The minimum atomic E-state index is 0.249. The Morgan fingerprint density at radius 1 is 1.63 bits per heavy atom. The summed E-state index contributed by atoms with van der Waals surface area (Å²) in [6, 6.07) is 3.65. The molecule has 1 rings (SSSR count). The zero-order valence-electron chi connectivity index (χ0n) is 11.1. The smallest absolute Gasteiger partial charge is 0.241 e. The molecule has 0 bridgehead atoms. The number of pyridine rings is 1. The highest BCUT2D eigenvalue weighted by Gasteiger charge is 2.08. The Kier molecular flexibility index (Phi) is 6.11. The van der Waals surface area contributed by atoms with Gasteiger partial charge >= 0.3 is 0 Å². The molecule has 100 valence electrons. The molecule has 1 aromatic heterocycles. The average Bonchev–Trinajstić information content (AvgIpc) is 2.47. The van der Waals surface area contributed by atoms with Crippen LogP contribution in [-0.4, -0.2) is 31.6 Å². The lowest BCUT2D eigenvalue weighted by atomic mass is 10.2. The molecule has 19 heavy (non-hydrogen) atoms. The standard InChI is InChI=1S/C13H17N5O/c1-10(11-5-4-7-16-9-11)17-13(19-3)12(18-14)6-8-15-2/h4-7,9,14-15H,1,8H2,2-3H3/b12-6+,17-13-,18-14?. The SMILES string of the molecule is C=C(/N=C(OC)/C(=C\CNC)N=N)c1cccnc1. The van der Waals surface area contributed by atoms with E-state index in [9.17, 15) is 0 Å². The lowest BCUT2D eigenvalue weighted by Gasteiger charge is -2.06. The molecule has 2 N–H and O–H groups in total. The van der Waals surface area contributed by atoms with Crippen LogP contribution in [0, 0.1) is 5.53 Å². The monoisotopic (exact) mass is 259 g/mol. The second-order valence-electron chi connectivity index (χ2n) is 3.57. The molecule has 0 unspecified atom stereocenters. The molecule has 0 aromatic carbocycles. The first-order valence-corrected chi connectivity index (χ1v) is 5.67. The zero-order chi connectivity index (χ0) is 14.1. The number of likely N-dealkylation sites (N-methyl/N-ethyl adjacent to an activating group) is 1. The molecular formula is C13H17N5O. The lowest BCUT2D eigenvalue weighted by molar-refractivity contribution is 0.402. The molecule has 0 saturated carbocycles. The van der Waals surface area contributed by atoms with Crippen LogP contribution >= 0.6 is 0 Å². The van der Waals surface area contributed by atoms with Crippen molar-refractivity contribution in [3.63, 3.8) is 0 Å². The molecule has 0 aliphatic carbocycles. The molecule has 0 saturated heterocycles. The molecule has 0 fully saturated rings. The van der Waals surface area contributed by atoms with Gasteiger partial charge < -0.3 is 10.1 Å². The van der Waals surface area contributed by atoms with Gasteiger partial charge in [-0.1, -0.05) is 6.58 Å². The van der Waals surface area contributed by atoms with Gasteiger partial charge in [-0.05, 0) is 25.3 Å². The molecule has 0 aliphatic heterocycles. The van der Waals surface area contributed by atoms with Crippen LogP contribution in [0.1, 0.15) is 5.56 Å². The van der Waals surface area contributed by atoms with Crippen molar-refractivity contribution in [2.45, 2.75) is 0 Å². The summed E-state index contributed by atoms with van der Waals surface area (Å²) in [5.74, 6) is 0.249. The third kappa shape index (κ3) is 4.44. The number of aromatic nitrogens is 1. The predicted molar refractivity (Wildman–Crippen MR) is 74.9 cm³/mol. The Labute approximate surface area is 112 Å². The number of hydrogen-bond acceptors (Lipinski definition) is 6. The fourth-order valence-electron chi connectivity index (χ4n) is 1.31. The van der Waals surface area contributed by atoms with Crippen molar-refractivity contribution in [3.8, 4) is 0 Å². The van der Waals surface area contributed by atoms with Crippen molar-refractivity contribution in [2.75, 3.05) is 20.7 Å². The summed E-state index contributed by atoms with van der Waals surface area (Å²) in [7, 11) is 3.28. The van der Waals surface area contributed by atoms with E-state index >= 15 is 0 Å². The maximum atomic E-state index is 7.15. The fraction of sp³-hybridized carbons (Fsp3) is 0.231. The van der Waals surface area contributed by atoms with E-state index in [1.165, 1.54) is 7.11 Å². The number of methoxy groups -OCH3 is 1. The largest absolute Gasteiger partial charge is 0.479 e. The number of ether oxygens (including phenoxy) is 1. The van der Waals surface area contributed by atoms with Crippen molar-refractivity contribution in [2.24, 2.45) is 10.1 Å². The fourth-order valence-corrected chi connectivity index (χ4v) is 1.31. The van der Waals surface area contributed by atoms with Crippen LogP contribution in [0.3, 0.4) is 0 Å². The van der Waals surface area contributed by atoms with Crippen LogP contribution in [0.25, 0.3) is 5.70 Å². The number of nitrogens with one attached hydrogen (secondary N) is 2. The first-order valence-electron chi connectivity index (χ1n) is 5.67. The minimum Gasteiger partial charge on any atom is -0.479 e. The van der Waals surface area contributed by atoms with Gasteiger partial charge in [-0.2, -0.15) is 5.11 Å². The number of rotatable bonds is 6. The van der Waals surface area contributed by atoms with Crippen molar-refractivity contribution >= 4 is 11.6 Å². The molecule has 0 amide bonds. The van der Waals surface area contributed by atoms with Gasteiger partial charge in [0, 0.05) is 24.5 Å². The molecule has 1 heterocycles. The molecular weight excluding hydrogens is 242 g/mol. The normalized spacial score (nSPS) is 12.1. The van der Waals surface area contributed by atoms with Gasteiger partial charge in [-0.3, -0.25) is 4.98 Å². The molecule has 0 spiro atoms. The Hall–Kier alpha value is -2.34. The lowest BCUT2D eigenvalue weighted by Crippen LogP contribution is -2.10. The van der Waals surface area contributed by atoms with E-state index in [-0.39, 0.29) is 5.90 Å². The predicted octanol–water partition coefficient (Wildman–Crippen LogP) is 2.23. The average molecular weight is 259 g/mol. The third-order valence-corrected chi connectivity index (χ3v) is 2.26. The van der Waals surface area contributed by atoms with Gasteiger partial charge in [-0.25, -0.2) is 10.5 Å². The van der Waals surface area contributed by atoms with Crippen molar-refractivity contribution in [1.82, 2.24) is 10.3 Å². The summed E-state index contributed by atoms with van der Waals surface area (Å²) in [4.78, 5) is 8.24. The summed E-state index contributed by atoms with van der Waals surface area (Å²) < 4.78 is 5.15. The highest BCUT2D eigenvalue weighted by atomic mass is 16.5. The van der Waals surface area contributed by atoms with Crippen LogP contribution in [-0.2, 0) is 4.74 Å². The van der Waals surface area contributed by atoms with Crippen LogP contribution in [0.2, 0.25) is 0 Å². The first kappa shape index (κ1) is 14.7. The molecule has 0 atom stereocenters. The van der Waals surface area contributed by atoms with Crippen molar-refractivity contribution < 1.29 is 4.74 Å². The quantitative estimate of drug-likeness (QED) is 0.467. The van der Waals surface area contributed by atoms with Crippen molar-refractivity contribution in [1.29, 1.82) is 5.53 Å². The van der Waals surface area contributed by atoms with Crippen LogP contribution in [0.4, 0.5) is 0 Å². The highest BCUT2D eigenvalue weighted by molar-refractivity contribution is 5.96. The number of nitrogens with zero attached hydrogens (tertiary/aromatic N) is 3. The molecule has 0 radical (unpaired) electrons. The molecule has 6 nitrogen and oxygen atoms in total. The summed E-state index contributed by atoms with van der Waals surface area (Å²) >= 11 is 0. The Bertz CT molecular complexity index is 493. The van der Waals surface area contributed by atoms with E-state index in [2.05, 4.69) is 27.0 Å². The van der Waals surface area contributed by atoms with Gasteiger partial charge in [0.2, 0.25) is 5.90 Å². The second kappa shape index (κ2) is 7.88. The van der Waals surface area contributed by atoms with Gasteiger partial charge in [0.1, 0.15) is 5.70 Å². The van der Waals surface area contributed by atoms with E-state index in [0.29, 0.717) is 17.9 Å². The van der Waals surface area contributed by atoms with E-state index in [4.69, 9.17) is 10.3 Å². The number of hydrogen-bond donors (Lipinski definition) is 2. The maximum Gasteiger partial charge on any atom is 0.241 e. The zero-order valence-corrected chi connectivity index (χ0v) is 11.1. The summed E-state index contributed by atoms with van der Waals surface area (Å²) in [6.07, 6.45) is 5.05. The van der Waals surface area contributed by atoms with Crippen LogP contribution < -0.4 is 5.32 Å². The highest BCUT2D eigenvalue weighted by Crippen LogP contribution is 2.14. The third-order valence-electron chi connectivity index (χ3n) is 2.26. The minimum absolute atomic E-state index is 0.249. The van der Waals surface area contributed by atoms with Gasteiger partial charge in [-0.15, -0.1) is 0 Å². The van der Waals surface area contributed by atoms with E-state index in [1.54, 1.807) is 31.6 Å². The van der Waals surface area contributed by atoms with Gasteiger partial charge in [0.05, 0.1) is 12.8 Å². The van der Waals surface area contributed by atoms with Crippen LogP contribution in [0.5, 0.6) is 0 Å². The van der Waals surface area contributed by atoms with Crippen molar-refractivity contribution in [3.05, 3.63) is 48.4 Å².